The molecule has 0 amide bonds. The molecular formula is C14H21NO2S. The highest BCUT2D eigenvalue weighted by Gasteiger charge is 2.32. The number of benzene rings is 1. The van der Waals surface area contributed by atoms with E-state index in [4.69, 9.17) is 0 Å². The maximum absolute atomic E-state index is 12.7. The van der Waals surface area contributed by atoms with Crippen LogP contribution in [0.15, 0.2) is 29.2 Å². The Hall–Kier alpha value is -0.870. The van der Waals surface area contributed by atoms with Crippen LogP contribution >= 0.6 is 0 Å². The zero-order valence-corrected chi connectivity index (χ0v) is 11.9. The summed E-state index contributed by atoms with van der Waals surface area (Å²) in [6.07, 6.45) is 3.99. The van der Waals surface area contributed by atoms with Gasteiger partial charge in [0.1, 0.15) is 0 Å². The van der Waals surface area contributed by atoms with Crippen molar-refractivity contribution in [3.63, 3.8) is 0 Å². The highest BCUT2D eigenvalue weighted by molar-refractivity contribution is 7.89. The number of rotatable bonds is 3. The van der Waals surface area contributed by atoms with Crippen molar-refractivity contribution in [3.05, 3.63) is 29.8 Å². The lowest BCUT2D eigenvalue weighted by molar-refractivity contribution is 0.246. The van der Waals surface area contributed by atoms with E-state index in [9.17, 15) is 8.42 Å². The van der Waals surface area contributed by atoms with E-state index in [2.05, 4.69) is 6.92 Å². The van der Waals surface area contributed by atoms with Gasteiger partial charge in [0, 0.05) is 12.6 Å². The summed E-state index contributed by atoms with van der Waals surface area (Å²) in [5.41, 5.74) is 0.831. The van der Waals surface area contributed by atoms with Crippen molar-refractivity contribution in [2.24, 2.45) is 0 Å². The van der Waals surface area contributed by atoms with Crippen LogP contribution in [0.4, 0.5) is 0 Å². The summed E-state index contributed by atoms with van der Waals surface area (Å²) in [6, 6.07) is 7.42. The summed E-state index contributed by atoms with van der Waals surface area (Å²) in [4.78, 5) is 0.463. The van der Waals surface area contributed by atoms with Crippen LogP contribution in [0, 0.1) is 6.92 Å². The summed E-state index contributed by atoms with van der Waals surface area (Å²) in [5.74, 6) is 0. The van der Waals surface area contributed by atoms with Crippen molar-refractivity contribution in [1.82, 2.24) is 4.31 Å². The van der Waals surface area contributed by atoms with E-state index in [1.807, 2.05) is 19.1 Å². The second-order valence-corrected chi connectivity index (χ2v) is 6.80. The Morgan fingerprint density at radius 3 is 2.67 bits per heavy atom. The summed E-state index contributed by atoms with van der Waals surface area (Å²) in [5, 5.41) is 0. The lowest BCUT2D eigenvalue weighted by Gasteiger charge is -2.34. The van der Waals surface area contributed by atoms with E-state index in [0.29, 0.717) is 11.4 Å². The summed E-state index contributed by atoms with van der Waals surface area (Å²) >= 11 is 0. The van der Waals surface area contributed by atoms with Crippen LogP contribution in [0.25, 0.3) is 0 Å². The van der Waals surface area contributed by atoms with E-state index in [0.717, 1.165) is 31.2 Å². The molecule has 0 bridgehead atoms. The van der Waals surface area contributed by atoms with Crippen molar-refractivity contribution >= 4 is 10.0 Å². The first-order valence-corrected chi connectivity index (χ1v) is 8.09. The number of nitrogens with zero attached hydrogens (tertiary/aromatic N) is 1. The third kappa shape index (κ3) is 2.45. The summed E-state index contributed by atoms with van der Waals surface area (Å²) in [7, 11) is -3.32. The fourth-order valence-electron chi connectivity index (χ4n) is 2.67. The molecule has 0 spiro atoms. The van der Waals surface area contributed by atoms with Gasteiger partial charge in [0.25, 0.3) is 0 Å². The Balaban J connectivity index is 2.39. The second kappa shape index (κ2) is 5.41. The smallest absolute Gasteiger partial charge is 0.207 e. The first kappa shape index (κ1) is 13.6. The molecule has 0 N–H and O–H groups in total. The van der Waals surface area contributed by atoms with Crippen LogP contribution in [-0.2, 0) is 10.0 Å². The molecule has 1 aliphatic rings. The SMILES string of the molecule is CCC1CCCCN1S(=O)(=O)c1ccccc1C. The zero-order valence-electron chi connectivity index (χ0n) is 11.1. The highest BCUT2D eigenvalue weighted by Crippen LogP contribution is 2.28. The van der Waals surface area contributed by atoms with Gasteiger partial charge in [-0.05, 0) is 37.8 Å². The molecule has 1 fully saturated rings. The van der Waals surface area contributed by atoms with Gasteiger partial charge in [-0.1, -0.05) is 31.5 Å². The van der Waals surface area contributed by atoms with E-state index in [1.54, 1.807) is 16.4 Å². The Labute approximate surface area is 110 Å². The van der Waals surface area contributed by atoms with Gasteiger partial charge in [-0.3, -0.25) is 0 Å². The molecule has 0 saturated carbocycles. The third-order valence-corrected chi connectivity index (χ3v) is 5.84. The van der Waals surface area contributed by atoms with E-state index < -0.39 is 10.0 Å². The molecule has 1 atom stereocenters. The highest BCUT2D eigenvalue weighted by atomic mass is 32.2. The van der Waals surface area contributed by atoms with Crippen molar-refractivity contribution < 1.29 is 8.42 Å². The minimum Gasteiger partial charge on any atom is -0.207 e. The standard InChI is InChI=1S/C14H21NO2S/c1-3-13-9-6-7-11-15(13)18(16,17)14-10-5-4-8-12(14)2/h4-5,8,10,13H,3,6-7,9,11H2,1-2H3. The molecule has 18 heavy (non-hydrogen) atoms. The monoisotopic (exact) mass is 267 g/mol. The van der Waals surface area contributed by atoms with Crippen LogP contribution in [0.1, 0.15) is 38.2 Å². The average molecular weight is 267 g/mol. The molecular weight excluding hydrogens is 246 g/mol. The molecule has 3 nitrogen and oxygen atoms in total. The molecule has 1 saturated heterocycles. The molecule has 0 aromatic heterocycles. The van der Waals surface area contributed by atoms with Crippen molar-refractivity contribution in [1.29, 1.82) is 0 Å². The molecule has 1 aliphatic heterocycles. The van der Waals surface area contributed by atoms with Crippen LogP contribution in [0.3, 0.4) is 0 Å². The molecule has 0 aliphatic carbocycles. The summed E-state index contributed by atoms with van der Waals surface area (Å²) < 4.78 is 27.1. The average Bonchev–Trinajstić information content (AvgIpc) is 2.39. The first-order valence-electron chi connectivity index (χ1n) is 6.65. The van der Waals surface area contributed by atoms with E-state index in [1.165, 1.54) is 0 Å². The number of hydrogen-bond donors (Lipinski definition) is 0. The minimum absolute atomic E-state index is 0.170. The lowest BCUT2D eigenvalue weighted by atomic mass is 10.0. The normalized spacial score (nSPS) is 22.0. The number of aryl methyl sites for hydroxylation is 1. The Bertz CT molecular complexity index is 510. The second-order valence-electron chi connectivity index (χ2n) is 4.94. The maximum Gasteiger partial charge on any atom is 0.243 e. The Kier molecular flexibility index (Phi) is 4.07. The fraction of sp³-hybridized carbons (Fsp3) is 0.571. The van der Waals surface area contributed by atoms with Crippen molar-refractivity contribution in [3.8, 4) is 0 Å². The predicted molar refractivity (Wildman–Crippen MR) is 73.0 cm³/mol. The van der Waals surface area contributed by atoms with E-state index >= 15 is 0 Å². The number of sulfonamides is 1. The van der Waals surface area contributed by atoms with Crippen LogP contribution in [0.5, 0.6) is 0 Å². The zero-order chi connectivity index (χ0) is 13.2. The van der Waals surface area contributed by atoms with Crippen LogP contribution in [-0.4, -0.2) is 25.3 Å². The van der Waals surface area contributed by atoms with Crippen LogP contribution in [0.2, 0.25) is 0 Å². The number of hydrogen-bond acceptors (Lipinski definition) is 2. The molecule has 4 heteroatoms. The topological polar surface area (TPSA) is 37.4 Å². The van der Waals surface area contributed by atoms with Gasteiger partial charge in [-0.15, -0.1) is 0 Å². The molecule has 0 radical (unpaired) electrons. The molecule has 2 rings (SSSR count). The van der Waals surface area contributed by atoms with Gasteiger partial charge in [0.15, 0.2) is 0 Å². The number of piperidine rings is 1. The van der Waals surface area contributed by atoms with Gasteiger partial charge in [-0.2, -0.15) is 4.31 Å². The quantitative estimate of drug-likeness (QED) is 0.844. The molecule has 100 valence electrons. The molecule has 1 heterocycles. The minimum atomic E-state index is -3.32. The molecule has 1 unspecified atom stereocenters. The molecule has 1 aromatic carbocycles. The Morgan fingerprint density at radius 1 is 1.28 bits per heavy atom. The van der Waals surface area contributed by atoms with Gasteiger partial charge in [0.05, 0.1) is 4.90 Å². The van der Waals surface area contributed by atoms with Gasteiger partial charge >= 0.3 is 0 Å². The largest absolute Gasteiger partial charge is 0.243 e. The lowest BCUT2D eigenvalue weighted by Crippen LogP contribution is -2.43. The van der Waals surface area contributed by atoms with Crippen molar-refractivity contribution in [2.75, 3.05) is 6.54 Å². The fourth-order valence-corrected chi connectivity index (χ4v) is 4.67. The van der Waals surface area contributed by atoms with E-state index in [-0.39, 0.29) is 6.04 Å². The Morgan fingerprint density at radius 2 is 2.00 bits per heavy atom. The third-order valence-electron chi connectivity index (χ3n) is 3.72. The molecule has 1 aromatic rings. The van der Waals surface area contributed by atoms with Crippen molar-refractivity contribution in [2.45, 2.75) is 50.5 Å². The van der Waals surface area contributed by atoms with Gasteiger partial charge < -0.3 is 0 Å². The first-order chi connectivity index (χ1) is 8.57. The van der Waals surface area contributed by atoms with Crippen LogP contribution < -0.4 is 0 Å². The summed E-state index contributed by atoms with van der Waals surface area (Å²) in [6.45, 7) is 4.59. The van der Waals surface area contributed by atoms with Gasteiger partial charge in [-0.25, -0.2) is 8.42 Å². The maximum atomic E-state index is 12.7. The van der Waals surface area contributed by atoms with Gasteiger partial charge in [0.2, 0.25) is 10.0 Å². The predicted octanol–water partition coefficient (Wildman–Crippen LogP) is 2.95.